The van der Waals surface area contributed by atoms with Crippen molar-refractivity contribution in [1.29, 1.82) is 0 Å². The molecule has 0 saturated heterocycles. The molecule has 1 aromatic carbocycles. The predicted octanol–water partition coefficient (Wildman–Crippen LogP) is 3.94. The van der Waals surface area contributed by atoms with E-state index in [0.717, 1.165) is 16.5 Å². The number of fused-ring (bicyclic) bond motifs is 2. The summed E-state index contributed by atoms with van der Waals surface area (Å²) in [6, 6.07) is 8.71. The number of aryl methyl sites for hydroxylation is 1. The van der Waals surface area contributed by atoms with Crippen molar-refractivity contribution in [2.24, 2.45) is 7.05 Å². The maximum Gasteiger partial charge on any atom is 0.453 e. The molecule has 3 aromatic heterocycles. The molecule has 140 valence electrons. The second-order valence-corrected chi connectivity index (χ2v) is 6.55. The molecular weight excluding hydrogens is 381 g/mol. The molecule has 0 amide bonds. The number of nitrogens with zero attached hydrogens (tertiary/aromatic N) is 5. The summed E-state index contributed by atoms with van der Waals surface area (Å²) in [5.41, 5.74) is 2.17. The lowest BCUT2D eigenvalue weighted by atomic mass is 10.1. The van der Waals surface area contributed by atoms with Gasteiger partial charge in [-0.1, -0.05) is 17.7 Å². The van der Waals surface area contributed by atoms with Gasteiger partial charge in [0.05, 0.1) is 0 Å². The Morgan fingerprint density at radius 3 is 2.74 bits per heavy atom. The van der Waals surface area contributed by atoms with Crippen molar-refractivity contribution >= 4 is 34.0 Å². The van der Waals surface area contributed by atoms with Crippen LogP contribution in [0.2, 0.25) is 5.02 Å². The molecule has 0 atom stereocenters. The van der Waals surface area contributed by atoms with Crippen LogP contribution in [0, 0.1) is 0 Å². The molecule has 0 saturated carbocycles. The van der Waals surface area contributed by atoms with Gasteiger partial charge in [0.25, 0.3) is 5.82 Å². The molecule has 0 radical (unpaired) electrons. The van der Waals surface area contributed by atoms with E-state index in [1.165, 1.54) is 6.07 Å². The summed E-state index contributed by atoms with van der Waals surface area (Å²) in [6.45, 7) is 0.504. The highest BCUT2D eigenvalue weighted by Gasteiger charge is 2.37. The number of halogens is 4. The van der Waals surface area contributed by atoms with Crippen LogP contribution in [0.15, 0.2) is 36.5 Å². The SMILES string of the molecule is Cn1cc(CCNc2ccc3nnc(C(F)(F)F)n3n2)c2ccc(Cl)cc21. The summed E-state index contributed by atoms with van der Waals surface area (Å²) in [5.74, 6) is -0.830. The Morgan fingerprint density at radius 2 is 1.96 bits per heavy atom. The Bertz CT molecular complexity index is 1130. The standard InChI is InChI=1S/C17H14ClF3N6/c1-26-9-10(12-3-2-11(18)8-13(12)26)6-7-22-14-4-5-15-23-24-16(17(19,20)21)27(15)25-14/h2-5,8-9H,6-7H2,1H3,(H,22,25). The fourth-order valence-electron chi connectivity index (χ4n) is 3.03. The zero-order valence-corrected chi connectivity index (χ0v) is 14.9. The molecule has 10 heteroatoms. The van der Waals surface area contributed by atoms with Gasteiger partial charge in [0.15, 0.2) is 5.65 Å². The second-order valence-electron chi connectivity index (χ2n) is 6.11. The van der Waals surface area contributed by atoms with Crippen LogP contribution in [-0.4, -0.2) is 30.9 Å². The lowest BCUT2D eigenvalue weighted by Gasteiger charge is -2.07. The van der Waals surface area contributed by atoms with Crippen LogP contribution in [0.25, 0.3) is 16.6 Å². The third kappa shape index (κ3) is 3.30. The van der Waals surface area contributed by atoms with E-state index in [4.69, 9.17) is 11.6 Å². The van der Waals surface area contributed by atoms with Crippen LogP contribution < -0.4 is 5.32 Å². The zero-order chi connectivity index (χ0) is 19.2. The predicted molar refractivity (Wildman–Crippen MR) is 95.9 cm³/mol. The van der Waals surface area contributed by atoms with Crippen molar-refractivity contribution < 1.29 is 13.2 Å². The van der Waals surface area contributed by atoms with Crippen LogP contribution in [-0.2, 0) is 19.6 Å². The van der Waals surface area contributed by atoms with Crippen LogP contribution in [0.4, 0.5) is 19.0 Å². The maximum absolute atomic E-state index is 12.9. The van der Waals surface area contributed by atoms with Gasteiger partial charge in [0.2, 0.25) is 0 Å². The lowest BCUT2D eigenvalue weighted by Crippen LogP contribution is -2.14. The Kier molecular flexibility index (Phi) is 4.18. The Morgan fingerprint density at radius 1 is 1.15 bits per heavy atom. The highest BCUT2D eigenvalue weighted by molar-refractivity contribution is 6.31. The fraction of sp³-hybridized carbons (Fsp3) is 0.235. The van der Waals surface area contributed by atoms with Gasteiger partial charge in [-0.05, 0) is 36.2 Å². The number of alkyl halides is 3. The monoisotopic (exact) mass is 394 g/mol. The Balaban J connectivity index is 1.53. The molecule has 4 rings (SSSR count). The fourth-order valence-corrected chi connectivity index (χ4v) is 3.19. The van der Waals surface area contributed by atoms with Crippen LogP contribution in [0.5, 0.6) is 0 Å². The van der Waals surface area contributed by atoms with Gasteiger partial charge in [-0.15, -0.1) is 15.3 Å². The molecule has 0 unspecified atom stereocenters. The number of rotatable bonds is 4. The number of aromatic nitrogens is 5. The first-order chi connectivity index (χ1) is 12.8. The van der Waals surface area contributed by atoms with E-state index < -0.39 is 12.0 Å². The molecule has 0 aliphatic carbocycles. The highest BCUT2D eigenvalue weighted by atomic mass is 35.5. The zero-order valence-electron chi connectivity index (χ0n) is 14.1. The minimum atomic E-state index is -4.62. The average molecular weight is 395 g/mol. The van der Waals surface area contributed by atoms with Crippen molar-refractivity contribution in [2.75, 3.05) is 11.9 Å². The molecule has 0 aliphatic rings. The summed E-state index contributed by atoms with van der Waals surface area (Å²) in [6.07, 6.45) is -1.93. The van der Waals surface area contributed by atoms with E-state index in [9.17, 15) is 13.2 Å². The smallest absolute Gasteiger partial charge is 0.368 e. The summed E-state index contributed by atoms with van der Waals surface area (Å²) in [5, 5.41) is 15.4. The first-order valence-electron chi connectivity index (χ1n) is 8.10. The van der Waals surface area contributed by atoms with Crippen LogP contribution in [0.1, 0.15) is 11.4 Å². The second kappa shape index (κ2) is 6.41. The van der Waals surface area contributed by atoms with Gasteiger partial charge in [-0.25, -0.2) is 0 Å². The van der Waals surface area contributed by atoms with Crippen LogP contribution in [0.3, 0.4) is 0 Å². The molecule has 6 nitrogen and oxygen atoms in total. The van der Waals surface area contributed by atoms with Crippen molar-refractivity contribution in [2.45, 2.75) is 12.6 Å². The number of hydrogen-bond acceptors (Lipinski definition) is 4. The van der Waals surface area contributed by atoms with E-state index >= 15 is 0 Å². The van der Waals surface area contributed by atoms with E-state index in [2.05, 4.69) is 20.6 Å². The molecule has 0 spiro atoms. The van der Waals surface area contributed by atoms with Crippen molar-refractivity contribution in [3.8, 4) is 0 Å². The van der Waals surface area contributed by atoms with Crippen molar-refractivity contribution in [3.63, 3.8) is 0 Å². The summed E-state index contributed by atoms with van der Waals surface area (Å²) >= 11 is 6.04. The van der Waals surface area contributed by atoms with Gasteiger partial charge in [-0.3, -0.25) is 0 Å². The number of benzene rings is 1. The third-order valence-corrected chi connectivity index (χ3v) is 4.49. The summed E-state index contributed by atoms with van der Waals surface area (Å²) in [7, 11) is 1.94. The minimum absolute atomic E-state index is 0.0406. The number of hydrogen-bond donors (Lipinski definition) is 1. The Hall–Kier alpha value is -2.81. The third-order valence-electron chi connectivity index (χ3n) is 4.25. The van der Waals surface area contributed by atoms with Gasteiger partial charge in [-0.2, -0.15) is 17.7 Å². The van der Waals surface area contributed by atoms with Gasteiger partial charge >= 0.3 is 6.18 Å². The number of nitrogens with one attached hydrogen (secondary N) is 1. The van der Waals surface area contributed by atoms with E-state index in [1.54, 1.807) is 6.07 Å². The highest BCUT2D eigenvalue weighted by Crippen LogP contribution is 2.28. The van der Waals surface area contributed by atoms with Gasteiger partial charge in [0.1, 0.15) is 5.82 Å². The molecule has 27 heavy (non-hydrogen) atoms. The maximum atomic E-state index is 12.9. The first-order valence-corrected chi connectivity index (χ1v) is 8.48. The molecule has 3 heterocycles. The molecular formula is C17H14ClF3N6. The van der Waals surface area contributed by atoms with Crippen molar-refractivity contribution in [1.82, 2.24) is 24.4 Å². The quantitative estimate of drug-likeness (QED) is 0.569. The molecule has 0 bridgehead atoms. The normalized spacial score (nSPS) is 12.2. The number of anilines is 1. The largest absolute Gasteiger partial charge is 0.453 e. The Labute approximate surface area is 156 Å². The van der Waals surface area contributed by atoms with Gasteiger partial charge < -0.3 is 9.88 Å². The van der Waals surface area contributed by atoms with Gasteiger partial charge in [0, 0.05) is 35.7 Å². The molecule has 4 aromatic rings. The lowest BCUT2D eigenvalue weighted by molar-refractivity contribution is -0.146. The molecule has 0 aliphatic heterocycles. The molecule has 0 fully saturated rings. The summed E-state index contributed by atoms with van der Waals surface area (Å²) < 4.78 is 41.5. The van der Waals surface area contributed by atoms with Crippen LogP contribution >= 0.6 is 11.6 Å². The van der Waals surface area contributed by atoms with Crippen molar-refractivity contribution in [3.05, 3.63) is 52.9 Å². The van der Waals surface area contributed by atoms with E-state index in [0.29, 0.717) is 28.3 Å². The average Bonchev–Trinajstić information content (AvgIpc) is 3.16. The first kappa shape index (κ1) is 17.6. The van der Waals surface area contributed by atoms with E-state index in [-0.39, 0.29) is 5.65 Å². The topological polar surface area (TPSA) is 60.0 Å². The summed E-state index contributed by atoms with van der Waals surface area (Å²) in [4.78, 5) is 0. The minimum Gasteiger partial charge on any atom is -0.368 e. The molecule has 1 N–H and O–H groups in total. The van der Waals surface area contributed by atoms with E-state index in [1.807, 2.05) is 36.0 Å².